The summed E-state index contributed by atoms with van der Waals surface area (Å²) in [6, 6.07) is 10.6. The van der Waals surface area contributed by atoms with Crippen LogP contribution in [0.3, 0.4) is 0 Å². The van der Waals surface area contributed by atoms with E-state index in [1.165, 1.54) is 0 Å². The zero-order valence-electron chi connectivity index (χ0n) is 17.2. The van der Waals surface area contributed by atoms with Crippen LogP contribution in [0, 0.1) is 19.8 Å². The molecule has 1 atom stereocenters. The molecule has 0 spiro atoms. The van der Waals surface area contributed by atoms with Gasteiger partial charge in [0.1, 0.15) is 11.3 Å². The van der Waals surface area contributed by atoms with Crippen LogP contribution in [0.25, 0.3) is 11.0 Å². The van der Waals surface area contributed by atoms with Crippen LogP contribution in [0.4, 0.5) is 0 Å². The van der Waals surface area contributed by atoms with Crippen LogP contribution in [0.15, 0.2) is 45.6 Å². The summed E-state index contributed by atoms with van der Waals surface area (Å²) in [5.41, 5.74) is 3.47. The highest BCUT2D eigenvalue weighted by atomic mass is 16.5. The summed E-state index contributed by atoms with van der Waals surface area (Å²) in [5, 5.41) is 3.39. The predicted molar refractivity (Wildman–Crippen MR) is 113 cm³/mol. The Labute approximate surface area is 169 Å². The van der Waals surface area contributed by atoms with Gasteiger partial charge < -0.3 is 14.5 Å². The van der Waals surface area contributed by atoms with Crippen molar-refractivity contribution in [3.8, 4) is 5.75 Å². The van der Waals surface area contributed by atoms with Gasteiger partial charge in [-0.15, -0.1) is 0 Å². The van der Waals surface area contributed by atoms with E-state index in [4.69, 9.17) is 9.15 Å². The normalized spacial score (nSPS) is 15.6. The van der Waals surface area contributed by atoms with Crippen LogP contribution in [0.2, 0.25) is 0 Å². The first-order chi connectivity index (χ1) is 13.8. The number of amides is 1. The summed E-state index contributed by atoms with van der Waals surface area (Å²) in [7, 11) is 0. The number of nitrogens with one attached hydrogen (secondary N) is 1. The van der Waals surface area contributed by atoms with Crippen molar-refractivity contribution < 1.29 is 13.9 Å². The lowest BCUT2D eigenvalue weighted by molar-refractivity contribution is 0.0937. The number of hydrogen-bond acceptors (Lipinski definition) is 4. The summed E-state index contributed by atoms with van der Waals surface area (Å²) >= 11 is 0. The molecule has 5 nitrogen and oxygen atoms in total. The highest BCUT2D eigenvalue weighted by Gasteiger charge is 2.36. The molecule has 0 bridgehead atoms. The fourth-order valence-electron chi connectivity index (χ4n) is 3.61. The molecule has 1 aromatic heterocycles. The van der Waals surface area contributed by atoms with Gasteiger partial charge in [0.2, 0.25) is 5.76 Å². The Balaban J connectivity index is 1.76. The van der Waals surface area contributed by atoms with E-state index in [0.717, 1.165) is 28.9 Å². The quantitative estimate of drug-likeness (QED) is 0.686. The minimum Gasteiger partial charge on any atom is -0.494 e. The molecule has 29 heavy (non-hydrogen) atoms. The monoisotopic (exact) mass is 391 g/mol. The van der Waals surface area contributed by atoms with E-state index in [1.54, 1.807) is 0 Å². The van der Waals surface area contributed by atoms with E-state index in [0.29, 0.717) is 29.1 Å². The molecule has 150 valence electrons. The smallest absolute Gasteiger partial charge is 0.288 e. The third-order valence-electron chi connectivity index (χ3n) is 5.47. The average Bonchev–Trinajstić information content (AvgIpc) is 3.00. The second kappa shape index (κ2) is 7.39. The van der Waals surface area contributed by atoms with E-state index >= 15 is 0 Å². The SMILES string of the molecule is Cc1cc2oc3c(c(=O)c2cc1C)C(c1cccc(OCCC(C)C)c1)NC3=O. The first kappa shape index (κ1) is 19.2. The number of fused-ring (bicyclic) bond motifs is 2. The highest BCUT2D eigenvalue weighted by Crippen LogP contribution is 2.33. The van der Waals surface area contributed by atoms with Crippen LogP contribution >= 0.6 is 0 Å². The molecule has 1 aliphatic rings. The standard InChI is InChI=1S/C24H25NO4/c1-13(2)8-9-28-17-7-5-6-16(12-17)21-20-22(26)18-10-14(3)15(4)11-19(18)29-23(20)24(27)25-21/h5-7,10-13,21H,8-9H2,1-4H3,(H,25,27). The van der Waals surface area contributed by atoms with Gasteiger partial charge in [0.05, 0.1) is 23.6 Å². The Hall–Kier alpha value is -3.08. The number of carbonyl (C=O) groups excluding carboxylic acids is 1. The molecule has 1 unspecified atom stereocenters. The third kappa shape index (κ3) is 3.53. The number of hydrogen-bond donors (Lipinski definition) is 1. The number of carbonyl (C=O) groups is 1. The molecule has 1 N–H and O–H groups in total. The van der Waals surface area contributed by atoms with E-state index in [9.17, 15) is 9.59 Å². The highest BCUT2D eigenvalue weighted by molar-refractivity contribution is 5.99. The summed E-state index contributed by atoms with van der Waals surface area (Å²) in [4.78, 5) is 25.8. The Bertz CT molecular complexity index is 1160. The van der Waals surface area contributed by atoms with Crippen molar-refractivity contribution in [3.63, 3.8) is 0 Å². The molecule has 0 aliphatic carbocycles. The van der Waals surface area contributed by atoms with Gasteiger partial charge in [0.15, 0.2) is 5.43 Å². The first-order valence-corrected chi connectivity index (χ1v) is 9.96. The van der Waals surface area contributed by atoms with Crippen molar-refractivity contribution in [1.82, 2.24) is 5.32 Å². The predicted octanol–water partition coefficient (Wildman–Crippen LogP) is 4.67. The number of benzene rings is 2. The lowest BCUT2D eigenvalue weighted by Crippen LogP contribution is -2.22. The van der Waals surface area contributed by atoms with Crippen molar-refractivity contribution in [1.29, 1.82) is 0 Å². The van der Waals surface area contributed by atoms with Crippen molar-refractivity contribution >= 4 is 16.9 Å². The lowest BCUT2D eigenvalue weighted by atomic mass is 9.98. The number of aryl methyl sites for hydroxylation is 2. The summed E-state index contributed by atoms with van der Waals surface area (Å²) in [6.45, 7) is 8.84. The molecular formula is C24H25NO4. The van der Waals surface area contributed by atoms with Gasteiger partial charge in [0, 0.05) is 0 Å². The molecule has 1 aliphatic heterocycles. The van der Waals surface area contributed by atoms with Gasteiger partial charge in [-0.1, -0.05) is 26.0 Å². The van der Waals surface area contributed by atoms with Crippen LogP contribution in [0.1, 0.15) is 59.1 Å². The average molecular weight is 391 g/mol. The van der Waals surface area contributed by atoms with Crippen molar-refractivity contribution in [2.24, 2.45) is 5.92 Å². The van der Waals surface area contributed by atoms with E-state index < -0.39 is 6.04 Å². The van der Waals surface area contributed by atoms with Gasteiger partial charge in [-0.25, -0.2) is 0 Å². The second-order valence-corrected chi connectivity index (χ2v) is 8.12. The maximum absolute atomic E-state index is 13.3. The van der Waals surface area contributed by atoms with Crippen LogP contribution in [0.5, 0.6) is 5.75 Å². The molecule has 2 aromatic carbocycles. The van der Waals surface area contributed by atoms with Crippen molar-refractivity contribution in [2.45, 2.75) is 40.2 Å². The van der Waals surface area contributed by atoms with Crippen LogP contribution < -0.4 is 15.5 Å². The maximum Gasteiger partial charge on any atom is 0.288 e. The molecule has 4 rings (SSSR count). The first-order valence-electron chi connectivity index (χ1n) is 9.96. The van der Waals surface area contributed by atoms with Crippen molar-refractivity contribution in [2.75, 3.05) is 6.61 Å². The fourth-order valence-corrected chi connectivity index (χ4v) is 3.61. The lowest BCUT2D eigenvalue weighted by Gasteiger charge is -2.14. The topological polar surface area (TPSA) is 68.5 Å². The van der Waals surface area contributed by atoms with Gasteiger partial charge in [-0.05, 0) is 67.1 Å². The maximum atomic E-state index is 13.3. The molecule has 0 fully saturated rings. The summed E-state index contributed by atoms with van der Waals surface area (Å²) in [6.07, 6.45) is 0.960. The van der Waals surface area contributed by atoms with Crippen LogP contribution in [-0.4, -0.2) is 12.5 Å². The molecule has 0 radical (unpaired) electrons. The molecule has 1 amide bonds. The third-order valence-corrected chi connectivity index (χ3v) is 5.47. The minimum absolute atomic E-state index is 0.0990. The van der Waals surface area contributed by atoms with Gasteiger partial charge in [0.25, 0.3) is 5.91 Å². The Morgan fingerprint density at radius 2 is 1.86 bits per heavy atom. The Morgan fingerprint density at radius 1 is 1.10 bits per heavy atom. The fraction of sp³-hybridized carbons (Fsp3) is 0.333. The second-order valence-electron chi connectivity index (χ2n) is 8.12. The molecule has 5 heteroatoms. The largest absolute Gasteiger partial charge is 0.494 e. The molecular weight excluding hydrogens is 366 g/mol. The van der Waals surface area contributed by atoms with E-state index in [1.807, 2.05) is 50.2 Å². The van der Waals surface area contributed by atoms with Gasteiger partial charge in [-0.2, -0.15) is 0 Å². The van der Waals surface area contributed by atoms with E-state index in [-0.39, 0.29) is 17.1 Å². The zero-order chi connectivity index (χ0) is 20.7. The molecule has 0 saturated heterocycles. The minimum atomic E-state index is -0.548. The molecule has 0 saturated carbocycles. The summed E-state index contributed by atoms with van der Waals surface area (Å²) in [5.74, 6) is 1.02. The van der Waals surface area contributed by atoms with Gasteiger partial charge in [-0.3, -0.25) is 9.59 Å². The molecule has 3 aromatic rings. The van der Waals surface area contributed by atoms with Crippen LogP contribution in [-0.2, 0) is 0 Å². The zero-order valence-corrected chi connectivity index (χ0v) is 17.2. The summed E-state index contributed by atoms with van der Waals surface area (Å²) < 4.78 is 11.7. The van der Waals surface area contributed by atoms with E-state index in [2.05, 4.69) is 19.2 Å². The number of ether oxygens (including phenoxy) is 1. The number of rotatable bonds is 5. The van der Waals surface area contributed by atoms with Crippen molar-refractivity contribution in [3.05, 3.63) is 74.6 Å². The Morgan fingerprint density at radius 3 is 2.62 bits per heavy atom. The van der Waals surface area contributed by atoms with Gasteiger partial charge >= 0.3 is 0 Å². The molecule has 2 heterocycles. The Kier molecular flexibility index (Phi) is 4.91.